The molecule has 100 valence electrons. The predicted octanol–water partition coefficient (Wildman–Crippen LogP) is 3.80. The van der Waals surface area contributed by atoms with Crippen molar-refractivity contribution in [3.8, 4) is 22.8 Å². The normalized spacial score (nSPS) is 10.7. The molecule has 0 spiro atoms. The van der Waals surface area contributed by atoms with Gasteiger partial charge in [-0.2, -0.15) is 4.98 Å². The van der Waals surface area contributed by atoms with Crippen molar-refractivity contribution in [1.82, 2.24) is 15.1 Å². The largest absolute Gasteiger partial charge is 0.397 e. The maximum Gasteiger partial charge on any atom is 0.259 e. The van der Waals surface area contributed by atoms with Crippen LogP contribution in [0.4, 0.5) is 5.69 Å². The molecule has 3 rings (SSSR count). The maximum atomic E-state index is 5.95. The fraction of sp³-hybridized carbons (Fsp3) is 0. The van der Waals surface area contributed by atoms with E-state index in [0.29, 0.717) is 28.0 Å². The molecule has 1 aromatic carbocycles. The van der Waals surface area contributed by atoms with Crippen LogP contribution in [0.5, 0.6) is 0 Å². The van der Waals surface area contributed by atoms with Crippen LogP contribution in [0.25, 0.3) is 22.8 Å². The molecule has 0 aliphatic carbocycles. The summed E-state index contributed by atoms with van der Waals surface area (Å²) in [5.41, 5.74) is 7.69. The maximum absolute atomic E-state index is 5.95. The quantitative estimate of drug-likeness (QED) is 0.760. The molecule has 20 heavy (non-hydrogen) atoms. The summed E-state index contributed by atoms with van der Waals surface area (Å²) in [6.45, 7) is 0. The number of rotatable bonds is 2. The highest BCUT2D eigenvalue weighted by molar-refractivity contribution is 9.10. The van der Waals surface area contributed by atoms with E-state index in [1.54, 1.807) is 24.5 Å². The van der Waals surface area contributed by atoms with Crippen LogP contribution in [0.3, 0.4) is 0 Å². The minimum Gasteiger partial charge on any atom is -0.397 e. The van der Waals surface area contributed by atoms with Crippen molar-refractivity contribution in [2.45, 2.75) is 0 Å². The molecule has 2 heterocycles. The van der Waals surface area contributed by atoms with Crippen molar-refractivity contribution in [3.05, 3.63) is 46.2 Å². The van der Waals surface area contributed by atoms with Crippen LogP contribution in [0.1, 0.15) is 0 Å². The Bertz CT molecular complexity index is 775. The minimum atomic E-state index is 0.367. The van der Waals surface area contributed by atoms with Gasteiger partial charge in [-0.3, -0.25) is 4.98 Å². The third-order valence-corrected chi connectivity index (χ3v) is 3.82. The second kappa shape index (κ2) is 5.22. The van der Waals surface area contributed by atoms with Crippen molar-refractivity contribution in [2.24, 2.45) is 0 Å². The second-order valence-electron chi connectivity index (χ2n) is 4.06. The first-order chi connectivity index (χ1) is 9.63. The first kappa shape index (κ1) is 13.1. The summed E-state index contributed by atoms with van der Waals surface area (Å²) < 4.78 is 6.00. The van der Waals surface area contributed by atoms with Gasteiger partial charge >= 0.3 is 0 Å². The lowest BCUT2D eigenvalue weighted by molar-refractivity contribution is 0.432. The molecule has 0 atom stereocenters. The minimum absolute atomic E-state index is 0.367. The Kier molecular flexibility index (Phi) is 3.42. The summed E-state index contributed by atoms with van der Waals surface area (Å²) in [7, 11) is 0. The lowest BCUT2D eigenvalue weighted by Crippen LogP contribution is -1.87. The van der Waals surface area contributed by atoms with E-state index in [0.717, 1.165) is 10.0 Å². The van der Waals surface area contributed by atoms with Gasteiger partial charge in [-0.05, 0) is 40.2 Å². The molecule has 5 nitrogen and oxygen atoms in total. The zero-order valence-corrected chi connectivity index (χ0v) is 12.4. The van der Waals surface area contributed by atoms with Crippen LogP contribution in [-0.2, 0) is 0 Å². The molecular formula is C13H8BrClN4O. The van der Waals surface area contributed by atoms with E-state index in [2.05, 4.69) is 31.1 Å². The van der Waals surface area contributed by atoms with Gasteiger partial charge in [0, 0.05) is 22.4 Å². The average molecular weight is 352 g/mol. The van der Waals surface area contributed by atoms with Gasteiger partial charge < -0.3 is 10.3 Å². The van der Waals surface area contributed by atoms with E-state index in [-0.39, 0.29) is 0 Å². The monoisotopic (exact) mass is 350 g/mol. The molecule has 0 saturated carbocycles. The van der Waals surface area contributed by atoms with Crippen LogP contribution in [0.2, 0.25) is 5.02 Å². The molecule has 0 aliphatic heterocycles. The smallest absolute Gasteiger partial charge is 0.259 e. The zero-order valence-electron chi connectivity index (χ0n) is 10.0. The number of aromatic nitrogens is 3. The highest BCUT2D eigenvalue weighted by atomic mass is 79.9. The van der Waals surface area contributed by atoms with Crippen molar-refractivity contribution in [1.29, 1.82) is 0 Å². The van der Waals surface area contributed by atoms with Gasteiger partial charge in [-0.25, -0.2) is 0 Å². The van der Waals surface area contributed by atoms with Gasteiger partial charge in [-0.15, -0.1) is 0 Å². The third-order valence-electron chi connectivity index (χ3n) is 2.61. The number of hydrogen-bond acceptors (Lipinski definition) is 5. The highest BCUT2D eigenvalue weighted by Crippen LogP contribution is 2.28. The Balaban J connectivity index is 1.99. The summed E-state index contributed by atoms with van der Waals surface area (Å²) in [4.78, 5) is 8.32. The van der Waals surface area contributed by atoms with E-state index >= 15 is 0 Å². The van der Waals surface area contributed by atoms with Crippen LogP contribution >= 0.6 is 27.5 Å². The van der Waals surface area contributed by atoms with E-state index < -0.39 is 0 Å². The molecule has 7 heteroatoms. The standard InChI is InChI=1S/C13H8BrClN4O/c14-10-4-7(1-2-11(10)15)12-18-13(20-19-12)8-3-9(16)6-17-5-8/h1-6H,16H2. The van der Waals surface area contributed by atoms with E-state index in [4.69, 9.17) is 21.9 Å². The number of nitrogens with two attached hydrogens (primary N) is 1. The Morgan fingerprint density at radius 2 is 2.00 bits per heavy atom. The lowest BCUT2D eigenvalue weighted by Gasteiger charge is -1.97. The molecule has 0 bridgehead atoms. The molecule has 0 fully saturated rings. The van der Waals surface area contributed by atoms with E-state index in [9.17, 15) is 0 Å². The number of anilines is 1. The number of benzene rings is 1. The molecule has 0 saturated heterocycles. The SMILES string of the molecule is Nc1cncc(-c2nc(-c3ccc(Cl)c(Br)c3)no2)c1. The number of nitrogen functional groups attached to an aromatic ring is 1. The molecule has 3 aromatic rings. The van der Waals surface area contributed by atoms with Crippen LogP contribution in [0, 0.1) is 0 Å². The van der Waals surface area contributed by atoms with Crippen LogP contribution < -0.4 is 5.73 Å². The summed E-state index contributed by atoms with van der Waals surface area (Å²) in [6, 6.07) is 7.13. The van der Waals surface area contributed by atoms with Gasteiger partial charge in [0.25, 0.3) is 5.89 Å². The Hall–Kier alpha value is -1.92. The molecule has 0 aliphatic rings. The molecule has 0 amide bonds. The zero-order chi connectivity index (χ0) is 14.1. The summed E-state index contributed by atoms with van der Waals surface area (Å²) in [6.07, 6.45) is 3.17. The molecule has 2 N–H and O–H groups in total. The first-order valence-corrected chi connectivity index (χ1v) is 6.80. The van der Waals surface area contributed by atoms with Crippen molar-refractivity contribution < 1.29 is 4.52 Å². The third kappa shape index (κ3) is 2.52. The average Bonchev–Trinajstić information content (AvgIpc) is 2.92. The summed E-state index contributed by atoms with van der Waals surface area (Å²) in [5.74, 6) is 0.839. The summed E-state index contributed by atoms with van der Waals surface area (Å²) in [5, 5.41) is 4.57. The topological polar surface area (TPSA) is 77.8 Å². The molecule has 0 unspecified atom stereocenters. The van der Waals surface area contributed by atoms with Crippen LogP contribution in [0.15, 0.2) is 45.7 Å². The van der Waals surface area contributed by atoms with Crippen LogP contribution in [-0.4, -0.2) is 15.1 Å². The molecule has 0 radical (unpaired) electrons. The Morgan fingerprint density at radius 3 is 2.75 bits per heavy atom. The van der Waals surface area contributed by atoms with Gasteiger partial charge in [0.05, 0.1) is 16.3 Å². The van der Waals surface area contributed by atoms with Crippen molar-refractivity contribution in [2.75, 3.05) is 5.73 Å². The predicted molar refractivity (Wildman–Crippen MR) is 80.1 cm³/mol. The van der Waals surface area contributed by atoms with Gasteiger partial charge in [0.2, 0.25) is 5.82 Å². The van der Waals surface area contributed by atoms with Crippen molar-refractivity contribution in [3.63, 3.8) is 0 Å². The molecular weight excluding hydrogens is 344 g/mol. The Morgan fingerprint density at radius 1 is 1.15 bits per heavy atom. The number of halogens is 2. The van der Waals surface area contributed by atoms with Crippen molar-refractivity contribution >= 4 is 33.2 Å². The number of pyridine rings is 1. The van der Waals surface area contributed by atoms with Gasteiger partial charge in [0.15, 0.2) is 0 Å². The number of hydrogen-bond donors (Lipinski definition) is 1. The Labute approximate surface area is 127 Å². The fourth-order valence-electron chi connectivity index (χ4n) is 1.67. The van der Waals surface area contributed by atoms with Gasteiger partial charge in [0.1, 0.15) is 0 Å². The highest BCUT2D eigenvalue weighted by Gasteiger charge is 2.12. The first-order valence-electron chi connectivity index (χ1n) is 5.63. The molecule has 2 aromatic heterocycles. The van der Waals surface area contributed by atoms with Gasteiger partial charge in [-0.1, -0.05) is 16.8 Å². The summed E-state index contributed by atoms with van der Waals surface area (Å²) >= 11 is 9.31. The second-order valence-corrected chi connectivity index (χ2v) is 5.32. The fourth-order valence-corrected chi connectivity index (χ4v) is 2.16. The van der Waals surface area contributed by atoms with E-state index in [1.807, 2.05) is 12.1 Å². The van der Waals surface area contributed by atoms with E-state index in [1.165, 1.54) is 0 Å². The lowest BCUT2D eigenvalue weighted by atomic mass is 10.2. The number of nitrogens with zero attached hydrogens (tertiary/aromatic N) is 3.